The van der Waals surface area contributed by atoms with Crippen LogP contribution in [0.4, 0.5) is 0 Å². The molecule has 1 aliphatic heterocycles. The van der Waals surface area contributed by atoms with E-state index in [1.165, 1.54) is 4.90 Å². The highest BCUT2D eigenvalue weighted by atomic mass is 16.4. The Labute approximate surface area is 329 Å². The van der Waals surface area contributed by atoms with Crippen molar-refractivity contribution in [3.05, 3.63) is 0 Å². The zero-order valence-electron chi connectivity index (χ0n) is 33.7. The van der Waals surface area contributed by atoms with E-state index in [1.54, 1.807) is 0 Å². The molecular weight excluding hydrogens is 742 g/mol. The lowest BCUT2D eigenvalue weighted by Crippen LogP contribution is -2.50. The first-order valence-corrected chi connectivity index (χ1v) is 18.5. The van der Waals surface area contributed by atoms with Gasteiger partial charge in [-0.3, -0.25) is 53.3 Å². The number of carboxylic acid groups (broad SMARTS) is 6. The third kappa shape index (κ3) is 29.2. The minimum atomic E-state index is -1.24. The second-order valence-electron chi connectivity index (χ2n) is 14.1. The van der Waals surface area contributed by atoms with Crippen molar-refractivity contribution in [3.8, 4) is 0 Å². The molecule has 21 nitrogen and oxygen atoms in total. The largest absolute Gasteiger partial charge is 0.480 e. The van der Waals surface area contributed by atoms with Crippen LogP contribution in [0.5, 0.6) is 0 Å². The Bertz CT molecular complexity index is 1150. The van der Waals surface area contributed by atoms with Crippen molar-refractivity contribution in [1.82, 2.24) is 34.3 Å². The first-order chi connectivity index (χ1) is 26.1. The fourth-order valence-corrected chi connectivity index (χ4v) is 5.80. The van der Waals surface area contributed by atoms with Crippen molar-refractivity contribution in [2.45, 2.75) is 53.1 Å². The standard InChI is InChI=1S/C18H31N3O10.C16H34N4O2.CO2/c1-12(2)7-13(18(30)31)21(5-3-19(8-14(22)23)9-15(24)25)6-4-20(10-16(26)27)11-17(28)29;1-5-18-8-6-17(4)7-12-20(15(2)3)13-11-19(10-9-18)14-16(21)22;2-1-3/h12-13H,3-11H2,1-2H3,(H,22,23)(H,24,25)(H,26,27)(H,28,29)(H,30,31);15H,5-14H2,1-4H3,(H,21,22);/t13-;;/m0../s1. The van der Waals surface area contributed by atoms with Crippen molar-refractivity contribution in [2.24, 2.45) is 5.92 Å². The lowest BCUT2D eigenvalue weighted by Gasteiger charge is -2.34. The monoisotopic (exact) mass is 807 g/mol. The van der Waals surface area contributed by atoms with Crippen LogP contribution in [-0.2, 0) is 38.4 Å². The van der Waals surface area contributed by atoms with Crippen LogP contribution in [0.1, 0.15) is 41.0 Å². The summed E-state index contributed by atoms with van der Waals surface area (Å²) in [5, 5.41) is 54.6. The van der Waals surface area contributed by atoms with E-state index < -0.39 is 68.0 Å². The number of likely N-dealkylation sites (N-methyl/N-ethyl adjacent to an activating group) is 2. The predicted octanol–water partition coefficient (Wildman–Crippen LogP) is -1.50. The average molecular weight is 808 g/mol. The molecule has 0 unspecified atom stereocenters. The van der Waals surface area contributed by atoms with Gasteiger partial charge in [0.25, 0.3) is 0 Å². The second-order valence-corrected chi connectivity index (χ2v) is 14.1. The average Bonchev–Trinajstić information content (AvgIpc) is 3.05. The van der Waals surface area contributed by atoms with Gasteiger partial charge < -0.3 is 40.4 Å². The summed E-state index contributed by atoms with van der Waals surface area (Å²) in [6.07, 6.45) is 0.491. The second kappa shape index (κ2) is 31.1. The summed E-state index contributed by atoms with van der Waals surface area (Å²) in [5.41, 5.74) is 0. The molecule has 0 bridgehead atoms. The maximum Gasteiger partial charge on any atom is 0.373 e. The minimum absolute atomic E-state index is 0.00176. The van der Waals surface area contributed by atoms with Crippen molar-refractivity contribution >= 4 is 42.0 Å². The first kappa shape index (κ1) is 54.0. The van der Waals surface area contributed by atoms with Crippen molar-refractivity contribution < 1.29 is 69.0 Å². The molecule has 0 aromatic rings. The molecule has 0 amide bonds. The molecule has 1 fully saturated rings. The van der Waals surface area contributed by atoms with Crippen LogP contribution in [0.3, 0.4) is 0 Å². The molecule has 1 heterocycles. The third-order valence-electron chi connectivity index (χ3n) is 8.80. The summed E-state index contributed by atoms with van der Waals surface area (Å²) in [5.74, 6) is -6.83. The fraction of sp³-hybridized carbons (Fsp3) is 0.800. The Balaban J connectivity index is 0. The molecule has 1 atom stereocenters. The quantitative estimate of drug-likeness (QED) is 0.0726. The Morgan fingerprint density at radius 3 is 1.32 bits per heavy atom. The summed E-state index contributed by atoms with van der Waals surface area (Å²) >= 11 is 0. The van der Waals surface area contributed by atoms with Gasteiger partial charge in [0.1, 0.15) is 6.04 Å². The number of carboxylic acids is 6. The van der Waals surface area contributed by atoms with Gasteiger partial charge in [0.2, 0.25) is 0 Å². The van der Waals surface area contributed by atoms with Crippen LogP contribution < -0.4 is 0 Å². The number of carbonyl (C=O) groups is 6. The molecule has 21 heteroatoms. The highest BCUT2D eigenvalue weighted by Gasteiger charge is 2.28. The van der Waals surface area contributed by atoms with E-state index in [4.69, 9.17) is 35.1 Å². The SMILES string of the molecule is CC(C)C[C@@H](C(=O)O)N(CCN(CC(=O)O)CC(=O)O)CCN(CC(=O)O)CC(=O)O.CCN1CCN(C)CCN(C(C)C)CCN(CC(=O)O)CC1.O=C=O. The number of nitrogens with zero attached hydrogens (tertiary/aromatic N) is 7. The van der Waals surface area contributed by atoms with Gasteiger partial charge in [-0.1, -0.05) is 20.8 Å². The molecule has 0 spiro atoms. The number of carbonyl (C=O) groups excluding carboxylic acids is 2. The number of hydrogen-bond acceptors (Lipinski definition) is 15. The predicted molar refractivity (Wildman–Crippen MR) is 201 cm³/mol. The molecule has 1 saturated heterocycles. The van der Waals surface area contributed by atoms with Gasteiger partial charge in [0.05, 0.1) is 32.7 Å². The number of rotatable bonds is 22. The Kier molecular flexibility index (Phi) is 30.0. The minimum Gasteiger partial charge on any atom is -0.480 e. The highest BCUT2D eigenvalue weighted by Crippen LogP contribution is 2.13. The topological polar surface area (TPSA) is 281 Å². The van der Waals surface area contributed by atoms with Crippen LogP contribution in [0.2, 0.25) is 0 Å². The van der Waals surface area contributed by atoms with Crippen molar-refractivity contribution in [1.29, 1.82) is 0 Å². The molecular formula is C35H65N7O14. The van der Waals surface area contributed by atoms with E-state index in [9.17, 15) is 33.9 Å². The maximum atomic E-state index is 11.8. The summed E-state index contributed by atoms with van der Waals surface area (Å²) in [6.45, 7) is 16.8. The van der Waals surface area contributed by atoms with Gasteiger partial charge in [-0.05, 0) is 39.8 Å². The van der Waals surface area contributed by atoms with E-state index in [2.05, 4.69) is 47.4 Å². The van der Waals surface area contributed by atoms with Crippen LogP contribution in [0, 0.1) is 5.92 Å². The molecule has 0 aliphatic carbocycles. The van der Waals surface area contributed by atoms with E-state index in [-0.39, 0.29) is 51.2 Å². The Morgan fingerprint density at radius 2 is 0.964 bits per heavy atom. The van der Waals surface area contributed by atoms with E-state index >= 15 is 0 Å². The van der Waals surface area contributed by atoms with Crippen molar-refractivity contribution in [3.63, 3.8) is 0 Å². The summed E-state index contributed by atoms with van der Waals surface area (Å²) < 4.78 is 0. The molecule has 56 heavy (non-hydrogen) atoms. The van der Waals surface area contributed by atoms with Crippen LogP contribution in [-0.4, -0.2) is 244 Å². The molecule has 1 rings (SSSR count). The number of aliphatic carboxylic acids is 6. The fourth-order valence-electron chi connectivity index (χ4n) is 5.80. The van der Waals surface area contributed by atoms with E-state index in [0.29, 0.717) is 6.04 Å². The lowest BCUT2D eigenvalue weighted by atomic mass is 10.0. The lowest BCUT2D eigenvalue weighted by molar-refractivity contribution is -0.192. The van der Waals surface area contributed by atoms with Gasteiger partial charge in [-0.2, -0.15) is 9.59 Å². The Hall–Kier alpha value is -4.08. The smallest absolute Gasteiger partial charge is 0.373 e. The maximum absolute atomic E-state index is 11.8. The zero-order valence-corrected chi connectivity index (χ0v) is 33.7. The van der Waals surface area contributed by atoms with Crippen LogP contribution in [0.15, 0.2) is 0 Å². The van der Waals surface area contributed by atoms with Crippen LogP contribution >= 0.6 is 0 Å². The molecule has 6 N–H and O–H groups in total. The molecule has 0 aromatic carbocycles. The van der Waals surface area contributed by atoms with E-state index in [0.717, 1.165) is 68.7 Å². The van der Waals surface area contributed by atoms with Gasteiger partial charge in [0.15, 0.2) is 0 Å². The summed E-state index contributed by atoms with van der Waals surface area (Å²) in [4.78, 5) is 96.2. The molecule has 324 valence electrons. The summed E-state index contributed by atoms with van der Waals surface area (Å²) in [6, 6.07) is -0.497. The van der Waals surface area contributed by atoms with Crippen LogP contribution in [0.25, 0.3) is 0 Å². The highest BCUT2D eigenvalue weighted by molar-refractivity contribution is 5.74. The molecule has 0 aromatic heterocycles. The Morgan fingerprint density at radius 1 is 0.589 bits per heavy atom. The zero-order chi connectivity index (χ0) is 43.4. The summed E-state index contributed by atoms with van der Waals surface area (Å²) in [7, 11) is 2.19. The van der Waals surface area contributed by atoms with Gasteiger partial charge >= 0.3 is 42.0 Å². The normalized spacial score (nSPS) is 15.8. The van der Waals surface area contributed by atoms with E-state index in [1.807, 2.05) is 13.8 Å². The van der Waals surface area contributed by atoms with Gasteiger partial charge in [0, 0.05) is 84.6 Å². The molecule has 0 saturated carbocycles. The van der Waals surface area contributed by atoms with Crippen molar-refractivity contribution in [2.75, 3.05) is 125 Å². The third-order valence-corrected chi connectivity index (χ3v) is 8.80. The number of hydrogen-bond donors (Lipinski definition) is 6. The first-order valence-electron chi connectivity index (χ1n) is 18.5. The van der Waals surface area contributed by atoms with Gasteiger partial charge in [-0.25, -0.2) is 0 Å². The molecule has 1 aliphatic rings. The molecule has 0 radical (unpaired) electrons. The van der Waals surface area contributed by atoms with Gasteiger partial charge in [-0.15, -0.1) is 0 Å².